The van der Waals surface area contributed by atoms with E-state index < -0.39 is 33.2 Å². The number of nitrogens with zero attached hydrogens (tertiary/aromatic N) is 2. The number of aromatic nitrogens is 2. The molecule has 0 spiro atoms. The molecule has 1 aliphatic carbocycles. The first-order valence-electron chi connectivity index (χ1n) is 12.5. The number of benzene rings is 1. The van der Waals surface area contributed by atoms with Crippen LogP contribution >= 0.6 is 0 Å². The minimum atomic E-state index is -3.92. The third-order valence-electron chi connectivity index (χ3n) is 6.88. The zero-order valence-corrected chi connectivity index (χ0v) is 22.2. The van der Waals surface area contributed by atoms with Crippen molar-refractivity contribution in [2.75, 3.05) is 12.9 Å². The summed E-state index contributed by atoms with van der Waals surface area (Å²) >= 11 is 0. The highest BCUT2D eigenvalue weighted by molar-refractivity contribution is 7.89. The number of sulfonamides is 1. The van der Waals surface area contributed by atoms with E-state index in [1.807, 2.05) is 11.6 Å². The molecular formula is C26H33FN4O5S. The van der Waals surface area contributed by atoms with E-state index in [-0.39, 0.29) is 23.1 Å². The minimum Gasteiger partial charge on any atom is -0.493 e. The largest absolute Gasteiger partial charge is 0.493 e. The van der Waals surface area contributed by atoms with Crippen molar-refractivity contribution in [2.24, 2.45) is 5.92 Å². The number of carbonyl (C=O) groups excluding carboxylic acids is 2. The number of hydrogen-bond acceptors (Lipinski definition) is 6. The van der Waals surface area contributed by atoms with Crippen LogP contribution in [-0.4, -0.2) is 42.9 Å². The Morgan fingerprint density at radius 3 is 2.70 bits per heavy atom. The van der Waals surface area contributed by atoms with E-state index in [4.69, 9.17) is 4.74 Å². The lowest BCUT2D eigenvalue weighted by molar-refractivity contribution is -0.124. The maximum Gasteiger partial charge on any atom is 0.270 e. The van der Waals surface area contributed by atoms with E-state index in [0.29, 0.717) is 24.0 Å². The lowest BCUT2D eigenvalue weighted by atomic mass is 9.79. The van der Waals surface area contributed by atoms with Crippen LogP contribution in [0.5, 0.6) is 5.75 Å². The molecule has 200 valence electrons. The molecule has 37 heavy (non-hydrogen) atoms. The third kappa shape index (κ3) is 6.20. The Hall–Kier alpha value is -3.21. The molecule has 11 heteroatoms. The molecule has 0 unspecified atom stereocenters. The van der Waals surface area contributed by atoms with Gasteiger partial charge in [0.05, 0.1) is 24.1 Å². The minimum absolute atomic E-state index is 0.0264. The van der Waals surface area contributed by atoms with Gasteiger partial charge in [0.25, 0.3) is 11.8 Å². The van der Waals surface area contributed by atoms with Gasteiger partial charge in [-0.15, -0.1) is 0 Å². The second kappa shape index (κ2) is 10.6. The monoisotopic (exact) mass is 532 g/mol. The molecule has 2 N–H and O–H groups in total. The highest BCUT2D eigenvalue weighted by Crippen LogP contribution is 2.40. The maximum atomic E-state index is 15.3. The van der Waals surface area contributed by atoms with Gasteiger partial charge in [-0.1, -0.05) is 25.8 Å². The summed E-state index contributed by atoms with van der Waals surface area (Å²) in [5.41, 5.74) is -0.721. The summed E-state index contributed by atoms with van der Waals surface area (Å²) in [5.74, 6) is -1.50. The predicted molar refractivity (Wildman–Crippen MR) is 136 cm³/mol. The van der Waals surface area contributed by atoms with Gasteiger partial charge in [-0.05, 0) is 44.2 Å². The van der Waals surface area contributed by atoms with E-state index in [2.05, 4.69) is 10.4 Å². The van der Waals surface area contributed by atoms with E-state index in [0.717, 1.165) is 38.5 Å². The molecule has 1 fully saturated rings. The Balaban J connectivity index is 1.70. The number of unbranched alkanes of at least 4 members (excludes halogenated alkanes) is 1. The molecule has 1 saturated carbocycles. The summed E-state index contributed by atoms with van der Waals surface area (Å²) in [5, 5.41) is 7.32. The molecule has 1 atom stereocenters. The summed E-state index contributed by atoms with van der Waals surface area (Å²) < 4.78 is 48.0. The SMILES string of the molecule is CCCCOc1ccc([C@]2(C)CC(c3ccn(CC4CCC4)n3)=C(C(=O)NS(C)(=O)=O)C(=O)N2)c(F)c1. The normalized spacial score (nSPS) is 20.4. The molecule has 0 saturated heterocycles. The van der Waals surface area contributed by atoms with Gasteiger partial charge < -0.3 is 10.1 Å². The van der Waals surface area contributed by atoms with Crippen molar-refractivity contribution in [1.82, 2.24) is 19.8 Å². The van der Waals surface area contributed by atoms with Crippen molar-refractivity contribution < 1.29 is 27.1 Å². The van der Waals surface area contributed by atoms with Crippen LogP contribution in [0.25, 0.3) is 5.57 Å². The van der Waals surface area contributed by atoms with Crippen LogP contribution in [-0.2, 0) is 31.7 Å². The van der Waals surface area contributed by atoms with E-state index in [9.17, 15) is 18.0 Å². The van der Waals surface area contributed by atoms with Crippen molar-refractivity contribution in [3.63, 3.8) is 0 Å². The summed E-state index contributed by atoms with van der Waals surface area (Å²) in [6.07, 6.45) is 7.87. The number of ether oxygens (including phenoxy) is 1. The summed E-state index contributed by atoms with van der Waals surface area (Å²) in [4.78, 5) is 26.2. The molecule has 0 radical (unpaired) electrons. The van der Waals surface area contributed by atoms with Gasteiger partial charge >= 0.3 is 0 Å². The fourth-order valence-corrected chi connectivity index (χ4v) is 5.15. The third-order valence-corrected chi connectivity index (χ3v) is 7.43. The van der Waals surface area contributed by atoms with Crippen LogP contribution in [0.3, 0.4) is 0 Å². The van der Waals surface area contributed by atoms with Crippen molar-refractivity contribution in [3.05, 3.63) is 53.1 Å². The predicted octanol–water partition coefficient (Wildman–Crippen LogP) is 3.27. The zero-order chi connectivity index (χ0) is 26.8. The van der Waals surface area contributed by atoms with Gasteiger partial charge in [0, 0.05) is 36.4 Å². The van der Waals surface area contributed by atoms with Gasteiger partial charge in [0.15, 0.2) is 0 Å². The van der Waals surface area contributed by atoms with Crippen LogP contribution in [0.2, 0.25) is 0 Å². The smallest absolute Gasteiger partial charge is 0.270 e. The van der Waals surface area contributed by atoms with Crippen LogP contribution < -0.4 is 14.8 Å². The van der Waals surface area contributed by atoms with Crippen molar-refractivity contribution >= 4 is 27.4 Å². The Labute approximate surface area is 216 Å². The second-order valence-corrected chi connectivity index (χ2v) is 11.8. The standard InChI is InChI=1S/C26H33FN4O5S/c1-4-5-13-36-18-9-10-20(21(27)14-18)26(2)15-19(22-11-12-31(29-22)16-17-7-6-8-17)23(24(32)28-26)25(33)30-37(3,34)35/h9-12,14,17H,4-8,13,15-16H2,1-3H3,(H,28,32)(H,30,33)/t26-/m0/s1. The van der Waals surface area contributed by atoms with Crippen molar-refractivity contribution in [1.29, 1.82) is 0 Å². The van der Waals surface area contributed by atoms with Gasteiger partial charge in [-0.25, -0.2) is 17.5 Å². The molecule has 9 nitrogen and oxygen atoms in total. The molecule has 4 rings (SSSR count). The molecule has 2 amide bonds. The van der Waals surface area contributed by atoms with E-state index in [1.165, 1.54) is 12.5 Å². The van der Waals surface area contributed by atoms with E-state index >= 15 is 4.39 Å². The van der Waals surface area contributed by atoms with Crippen LogP contribution in [0.1, 0.15) is 63.6 Å². The highest BCUT2D eigenvalue weighted by Gasteiger charge is 2.42. The molecule has 1 aliphatic heterocycles. The second-order valence-electron chi connectivity index (χ2n) is 10.1. The van der Waals surface area contributed by atoms with Crippen molar-refractivity contribution in [3.8, 4) is 5.75 Å². The first-order chi connectivity index (χ1) is 17.5. The summed E-state index contributed by atoms with van der Waals surface area (Å²) in [6.45, 7) is 4.89. The Morgan fingerprint density at radius 2 is 2.08 bits per heavy atom. The van der Waals surface area contributed by atoms with Crippen LogP contribution in [0.4, 0.5) is 4.39 Å². The number of carbonyl (C=O) groups is 2. The fraction of sp³-hybridized carbons (Fsp3) is 0.500. The molecule has 2 aliphatic rings. The average molecular weight is 533 g/mol. The number of hydrogen-bond donors (Lipinski definition) is 2. The molecule has 2 aromatic rings. The van der Waals surface area contributed by atoms with Crippen LogP contribution in [0.15, 0.2) is 36.0 Å². The maximum absolute atomic E-state index is 15.3. The molecule has 1 aromatic heterocycles. The summed E-state index contributed by atoms with van der Waals surface area (Å²) in [6, 6.07) is 6.19. The van der Waals surface area contributed by atoms with Gasteiger partial charge in [-0.3, -0.25) is 14.3 Å². The fourth-order valence-electron chi connectivity index (χ4n) is 4.71. The first-order valence-corrected chi connectivity index (χ1v) is 14.4. The number of amides is 2. The molecule has 2 heterocycles. The Morgan fingerprint density at radius 1 is 1.32 bits per heavy atom. The van der Waals surface area contributed by atoms with E-state index in [1.54, 1.807) is 36.0 Å². The first kappa shape index (κ1) is 26.8. The number of nitrogens with one attached hydrogen (secondary N) is 2. The summed E-state index contributed by atoms with van der Waals surface area (Å²) in [7, 11) is -3.92. The number of rotatable bonds is 10. The van der Waals surface area contributed by atoms with Crippen LogP contribution in [0, 0.1) is 11.7 Å². The molecule has 1 aromatic carbocycles. The van der Waals surface area contributed by atoms with Crippen molar-refractivity contribution in [2.45, 2.75) is 64.5 Å². The Bertz CT molecular complexity index is 1330. The lowest BCUT2D eigenvalue weighted by Gasteiger charge is -2.37. The number of halogens is 1. The molecule has 0 bridgehead atoms. The van der Waals surface area contributed by atoms with Gasteiger partial charge in [-0.2, -0.15) is 5.10 Å². The lowest BCUT2D eigenvalue weighted by Crippen LogP contribution is -2.51. The topological polar surface area (TPSA) is 119 Å². The van der Waals surface area contributed by atoms with Gasteiger partial charge in [0.1, 0.15) is 17.1 Å². The zero-order valence-electron chi connectivity index (χ0n) is 21.3. The average Bonchev–Trinajstić information content (AvgIpc) is 3.23. The highest BCUT2D eigenvalue weighted by atomic mass is 32.2. The molecular weight excluding hydrogens is 499 g/mol. The Kier molecular flexibility index (Phi) is 7.72. The van der Waals surface area contributed by atoms with Gasteiger partial charge in [0.2, 0.25) is 10.0 Å². The quantitative estimate of drug-likeness (QED) is 0.358.